The number of fused-ring (bicyclic) bond motifs is 1. The molecule has 0 saturated carbocycles. The maximum atomic E-state index is 13.5. The summed E-state index contributed by atoms with van der Waals surface area (Å²) in [6, 6.07) is 17.5. The van der Waals surface area contributed by atoms with Crippen LogP contribution in [0.4, 0.5) is 4.39 Å². The summed E-state index contributed by atoms with van der Waals surface area (Å²) in [5, 5.41) is 14.9. The summed E-state index contributed by atoms with van der Waals surface area (Å²) in [5.74, 6) is -1.34. The van der Waals surface area contributed by atoms with Crippen LogP contribution in [0.3, 0.4) is 0 Å². The smallest absolute Gasteiger partial charge is 0.337 e. The van der Waals surface area contributed by atoms with E-state index in [1.165, 1.54) is 17.7 Å². The van der Waals surface area contributed by atoms with Crippen LogP contribution >= 0.6 is 0 Å². The van der Waals surface area contributed by atoms with Crippen LogP contribution in [-0.4, -0.2) is 20.9 Å². The minimum absolute atomic E-state index is 0.153. The Hall–Kier alpha value is -3.47. The molecule has 0 saturated heterocycles. The second kappa shape index (κ2) is 6.93. The Labute approximate surface area is 161 Å². The van der Waals surface area contributed by atoms with Gasteiger partial charge in [0.05, 0.1) is 17.8 Å². The van der Waals surface area contributed by atoms with Crippen molar-refractivity contribution in [1.82, 2.24) is 9.78 Å². The fourth-order valence-electron chi connectivity index (χ4n) is 3.54. The Morgan fingerprint density at radius 3 is 2.50 bits per heavy atom. The van der Waals surface area contributed by atoms with Crippen molar-refractivity contribution in [2.75, 3.05) is 0 Å². The zero-order chi connectivity index (χ0) is 19.8. The first-order chi connectivity index (χ1) is 13.4. The van der Waals surface area contributed by atoms with E-state index in [0.29, 0.717) is 12.1 Å². The van der Waals surface area contributed by atoms with E-state index in [4.69, 9.17) is 0 Å². The number of rotatable bonds is 4. The molecule has 4 rings (SSSR count). The van der Waals surface area contributed by atoms with Crippen molar-refractivity contribution in [2.45, 2.75) is 20.4 Å². The van der Waals surface area contributed by atoms with E-state index in [0.717, 1.165) is 27.8 Å². The zero-order valence-electron chi connectivity index (χ0n) is 15.6. The molecule has 0 amide bonds. The van der Waals surface area contributed by atoms with Crippen LogP contribution in [0.25, 0.3) is 22.2 Å². The number of benzene rings is 3. The molecule has 1 N–H and O–H groups in total. The average molecular weight is 374 g/mol. The van der Waals surface area contributed by atoms with Crippen LogP contribution in [0.2, 0.25) is 0 Å². The Balaban J connectivity index is 1.95. The molecule has 0 spiro atoms. The molecule has 28 heavy (non-hydrogen) atoms. The highest BCUT2D eigenvalue weighted by molar-refractivity contribution is 6.05. The van der Waals surface area contributed by atoms with Crippen LogP contribution in [0.5, 0.6) is 0 Å². The van der Waals surface area contributed by atoms with Gasteiger partial charge in [0, 0.05) is 10.9 Å². The number of halogens is 1. The molecule has 3 aromatic carbocycles. The highest BCUT2D eigenvalue weighted by Crippen LogP contribution is 2.31. The average Bonchev–Trinajstić information content (AvgIpc) is 3.02. The summed E-state index contributed by atoms with van der Waals surface area (Å²) in [6.07, 6.45) is 0. The number of aromatic carboxylic acids is 1. The minimum atomic E-state index is -1.02. The molecule has 1 aromatic heterocycles. The normalized spacial score (nSPS) is 11.1. The number of nitrogens with zero attached hydrogens (tertiary/aromatic N) is 2. The Bertz CT molecular complexity index is 1190. The van der Waals surface area contributed by atoms with Crippen molar-refractivity contribution in [2.24, 2.45) is 0 Å². The lowest BCUT2D eigenvalue weighted by Gasteiger charge is -2.11. The topological polar surface area (TPSA) is 55.1 Å². The van der Waals surface area contributed by atoms with Gasteiger partial charge in [0.2, 0.25) is 0 Å². The maximum Gasteiger partial charge on any atom is 0.337 e. The van der Waals surface area contributed by atoms with E-state index in [-0.39, 0.29) is 11.4 Å². The second-order valence-electron chi connectivity index (χ2n) is 6.95. The molecule has 0 aliphatic carbocycles. The number of hydrogen-bond donors (Lipinski definition) is 1. The lowest BCUT2D eigenvalue weighted by Crippen LogP contribution is -2.06. The van der Waals surface area contributed by atoms with Gasteiger partial charge in [-0.25, -0.2) is 9.18 Å². The van der Waals surface area contributed by atoms with Crippen LogP contribution in [0.15, 0.2) is 60.7 Å². The predicted octanol–water partition coefficient (Wildman–Crippen LogP) is 5.21. The first-order valence-corrected chi connectivity index (χ1v) is 8.99. The number of aryl methyl sites for hydroxylation is 2. The molecule has 0 bridgehead atoms. The maximum absolute atomic E-state index is 13.5. The molecule has 5 heteroatoms. The predicted molar refractivity (Wildman–Crippen MR) is 107 cm³/mol. The zero-order valence-corrected chi connectivity index (χ0v) is 15.6. The fourth-order valence-corrected chi connectivity index (χ4v) is 3.54. The number of carbonyl (C=O) groups is 1. The molecule has 1 heterocycles. The Morgan fingerprint density at radius 2 is 1.82 bits per heavy atom. The summed E-state index contributed by atoms with van der Waals surface area (Å²) in [6.45, 7) is 4.58. The summed E-state index contributed by atoms with van der Waals surface area (Å²) in [4.78, 5) is 11.7. The third kappa shape index (κ3) is 3.16. The molecular formula is C23H19FN2O2. The molecule has 140 valence electrons. The fraction of sp³-hybridized carbons (Fsp3) is 0.130. The van der Waals surface area contributed by atoms with Gasteiger partial charge in [0.1, 0.15) is 11.3 Å². The highest BCUT2D eigenvalue weighted by atomic mass is 19.1. The molecule has 0 unspecified atom stereocenters. The van der Waals surface area contributed by atoms with Gasteiger partial charge in [0.15, 0.2) is 0 Å². The first-order valence-electron chi connectivity index (χ1n) is 8.99. The quantitative estimate of drug-likeness (QED) is 0.534. The molecule has 0 aliphatic rings. The number of aromatic nitrogens is 2. The van der Waals surface area contributed by atoms with Crippen molar-refractivity contribution in [1.29, 1.82) is 0 Å². The van der Waals surface area contributed by atoms with Crippen molar-refractivity contribution < 1.29 is 14.3 Å². The van der Waals surface area contributed by atoms with Crippen molar-refractivity contribution >= 4 is 16.9 Å². The van der Waals surface area contributed by atoms with Crippen molar-refractivity contribution in [3.8, 4) is 11.3 Å². The largest absolute Gasteiger partial charge is 0.478 e. The number of carboxylic acids is 1. The van der Waals surface area contributed by atoms with Gasteiger partial charge in [-0.15, -0.1) is 0 Å². The summed E-state index contributed by atoms with van der Waals surface area (Å²) in [7, 11) is 0. The van der Waals surface area contributed by atoms with E-state index >= 15 is 0 Å². The second-order valence-corrected chi connectivity index (χ2v) is 6.95. The molecule has 0 atom stereocenters. The summed E-state index contributed by atoms with van der Waals surface area (Å²) in [5.41, 5.74) is 5.56. The van der Waals surface area contributed by atoms with Crippen LogP contribution in [0.1, 0.15) is 27.0 Å². The molecule has 0 radical (unpaired) electrons. The van der Waals surface area contributed by atoms with Crippen LogP contribution < -0.4 is 0 Å². The van der Waals surface area contributed by atoms with Crippen molar-refractivity contribution in [3.05, 3.63) is 88.7 Å². The molecule has 4 nitrogen and oxygen atoms in total. The monoisotopic (exact) mass is 374 g/mol. The SMILES string of the molecule is Cc1ccc(Cn2nc3c(C(=O)O)cccc3c2-c2ccc(F)cc2)c(C)c1. The molecular weight excluding hydrogens is 355 g/mol. The molecule has 4 aromatic rings. The van der Waals surface area contributed by atoms with Gasteiger partial charge >= 0.3 is 5.97 Å². The van der Waals surface area contributed by atoms with Gasteiger partial charge in [-0.1, -0.05) is 35.9 Å². The van der Waals surface area contributed by atoms with Gasteiger partial charge in [-0.3, -0.25) is 4.68 Å². The van der Waals surface area contributed by atoms with Crippen molar-refractivity contribution in [3.63, 3.8) is 0 Å². The third-order valence-electron chi connectivity index (χ3n) is 4.94. The summed E-state index contributed by atoms with van der Waals surface area (Å²) >= 11 is 0. The van der Waals surface area contributed by atoms with Gasteiger partial charge in [-0.2, -0.15) is 5.10 Å². The Kier molecular flexibility index (Phi) is 4.43. The van der Waals surface area contributed by atoms with E-state index in [9.17, 15) is 14.3 Å². The minimum Gasteiger partial charge on any atom is -0.478 e. The molecule has 0 fully saturated rings. The van der Waals surface area contributed by atoms with Gasteiger partial charge in [-0.05, 0) is 55.3 Å². The Morgan fingerprint density at radius 1 is 1.07 bits per heavy atom. The third-order valence-corrected chi connectivity index (χ3v) is 4.94. The standard InChI is InChI=1S/C23H19FN2O2/c1-14-6-7-17(15(2)12-14)13-26-22(16-8-10-18(24)11-9-16)19-4-3-5-20(23(27)28)21(19)25-26/h3-12H,13H2,1-2H3,(H,27,28). The summed E-state index contributed by atoms with van der Waals surface area (Å²) < 4.78 is 15.3. The highest BCUT2D eigenvalue weighted by Gasteiger charge is 2.19. The van der Waals surface area contributed by atoms with E-state index in [2.05, 4.69) is 17.2 Å². The van der Waals surface area contributed by atoms with E-state index in [1.54, 1.807) is 24.3 Å². The lowest BCUT2D eigenvalue weighted by molar-refractivity contribution is 0.0699. The van der Waals surface area contributed by atoms with Gasteiger partial charge < -0.3 is 5.11 Å². The lowest BCUT2D eigenvalue weighted by atomic mass is 10.0. The first kappa shape index (κ1) is 17.9. The van der Waals surface area contributed by atoms with Crippen LogP contribution in [-0.2, 0) is 6.54 Å². The van der Waals surface area contributed by atoms with E-state index < -0.39 is 5.97 Å². The molecule has 0 aliphatic heterocycles. The number of hydrogen-bond acceptors (Lipinski definition) is 2. The van der Waals surface area contributed by atoms with E-state index in [1.807, 2.05) is 30.7 Å². The van der Waals surface area contributed by atoms with Crippen LogP contribution in [0, 0.1) is 19.7 Å². The van der Waals surface area contributed by atoms with Gasteiger partial charge in [0.25, 0.3) is 0 Å². The number of carboxylic acid groups (broad SMARTS) is 1.